The third-order valence-corrected chi connectivity index (χ3v) is 2.31. The summed E-state index contributed by atoms with van der Waals surface area (Å²) in [6.07, 6.45) is 0.883. The van der Waals surface area contributed by atoms with Crippen LogP contribution in [0.4, 0.5) is 0 Å². The fourth-order valence-corrected chi connectivity index (χ4v) is 1.19. The molecule has 2 atom stereocenters. The molecule has 0 aliphatic heterocycles. The van der Waals surface area contributed by atoms with Gasteiger partial charge in [0.2, 0.25) is 0 Å². The second-order valence-electron chi connectivity index (χ2n) is 3.29. The molecular weight excluding hydrogens is 196 g/mol. The number of carbonyl (C=O) groups excluding carboxylic acids is 1. The minimum absolute atomic E-state index is 0.198. The van der Waals surface area contributed by atoms with Crippen LogP contribution in [-0.4, -0.2) is 32.2 Å². The summed E-state index contributed by atoms with van der Waals surface area (Å²) in [6.45, 7) is 4.80. The van der Waals surface area contributed by atoms with Crippen LogP contribution in [0.1, 0.15) is 20.3 Å². The molecule has 0 spiro atoms. The molecule has 1 N–H and O–H groups in total. The number of nitrogens with zero attached hydrogens (tertiary/aromatic N) is 3. The molecule has 86 valence electrons. The molecule has 0 aromatic carbocycles. The minimum atomic E-state index is -0.325. The van der Waals surface area contributed by atoms with Crippen molar-refractivity contribution in [3.63, 3.8) is 0 Å². The molecule has 2 unspecified atom stereocenters. The smallest absolute Gasteiger partial charge is 0.323 e. The predicted molar refractivity (Wildman–Crippen MR) is 57.3 cm³/mol. The van der Waals surface area contributed by atoms with Gasteiger partial charge in [-0.15, -0.1) is 0 Å². The Morgan fingerprint density at radius 2 is 2.33 bits per heavy atom. The maximum atomic E-state index is 11.4. The summed E-state index contributed by atoms with van der Waals surface area (Å²) in [5.41, 5.74) is 8.08. The third-order valence-electron chi connectivity index (χ3n) is 2.31. The normalized spacial score (nSPS) is 13.8. The van der Waals surface area contributed by atoms with Gasteiger partial charge in [0.1, 0.15) is 6.04 Å². The molecule has 0 aromatic heterocycles. The van der Waals surface area contributed by atoms with Crippen molar-refractivity contribution in [2.45, 2.75) is 26.3 Å². The summed E-state index contributed by atoms with van der Waals surface area (Å²) in [5.74, 6) is -0.0752. The highest BCUT2D eigenvalue weighted by Crippen LogP contribution is 2.08. The van der Waals surface area contributed by atoms with Gasteiger partial charge < -0.3 is 10.1 Å². The predicted octanol–water partition coefficient (Wildman–Crippen LogP) is 1.47. The van der Waals surface area contributed by atoms with E-state index in [2.05, 4.69) is 20.1 Å². The highest BCUT2D eigenvalue weighted by molar-refractivity contribution is 5.75. The first-order chi connectivity index (χ1) is 7.17. The first kappa shape index (κ1) is 13.7. The van der Waals surface area contributed by atoms with Crippen molar-refractivity contribution >= 4 is 5.97 Å². The van der Waals surface area contributed by atoms with Crippen LogP contribution in [0.5, 0.6) is 0 Å². The quantitative estimate of drug-likeness (QED) is 0.229. The Morgan fingerprint density at radius 1 is 1.67 bits per heavy atom. The van der Waals surface area contributed by atoms with Gasteiger partial charge in [-0.3, -0.25) is 4.79 Å². The summed E-state index contributed by atoms with van der Waals surface area (Å²) in [4.78, 5) is 14.0. The van der Waals surface area contributed by atoms with Crippen LogP contribution < -0.4 is 5.32 Å². The van der Waals surface area contributed by atoms with Gasteiger partial charge in [0.05, 0.1) is 7.11 Å². The highest BCUT2D eigenvalue weighted by atomic mass is 16.5. The summed E-state index contributed by atoms with van der Waals surface area (Å²) in [5, 5.41) is 6.40. The fourth-order valence-electron chi connectivity index (χ4n) is 1.19. The second kappa shape index (κ2) is 8.08. The van der Waals surface area contributed by atoms with Crippen molar-refractivity contribution < 1.29 is 9.53 Å². The van der Waals surface area contributed by atoms with Gasteiger partial charge in [-0.05, 0) is 11.4 Å². The van der Waals surface area contributed by atoms with Gasteiger partial charge in [-0.2, -0.15) is 0 Å². The van der Waals surface area contributed by atoms with E-state index < -0.39 is 0 Å². The van der Waals surface area contributed by atoms with E-state index in [1.807, 2.05) is 13.8 Å². The summed E-state index contributed by atoms with van der Waals surface area (Å²) < 4.78 is 4.69. The molecule has 0 saturated heterocycles. The number of methoxy groups -OCH3 is 1. The van der Waals surface area contributed by atoms with E-state index >= 15 is 0 Å². The molecule has 0 heterocycles. The van der Waals surface area contributed by atoms with Gasteiger partial charge >= 0.3 is 5.97 Å². The molecule has 0 aliphatic carbocycles. The number of carbonyl (C=O) groups is 1. The number of esters is 1. The standard InChI is InChI=1S/C9H18N4O2/c1-4-7(2)8(9(14)15-3)11-5-6-12-13-10/h7-8,11H,4-6H2,1-3H3. The number of nitrogens with one attached hydrogen (secondary N) is 1. The summed E-state index contributed by atoms with van der Waals surface area (Å²) in [6, 6.07) is -0.325. The Balaban J connectivity index is 4.12. The van der Waals surface area contributed by atoms with E-state index in [1.165, 1.54) is 7.11 Å². The lowest BCUT2D eigenvalue weighted by Crippen LogP contribution is -2.43. The van der Waals surface area contributed by atoms with Gasteiger partial charge in [0.15, 0.2) is 0 Å². The zero-order valence-electron chi connectivity index (χ0n) is 9.43. The Hall–Kier alpha value is -1.26. The van der Waals surface area contributed by atoms with Crippen LogP contribution in [0.25, 0.3) is 10.4 Å². The monoisotopic (exact) mass is 214 g/mol. The van der Waals surface area contributed by atoms with Crippen LogP contribution in [0.3, 0.4) is 0 Å². The van der Waals surface area contributed by atoms with Gasteiger partial charge in [-0.25, -0.2) is 0 Å². The van der Waals surface area contributed by atoms with E-state index in [9.17, 15) is 4.79 Å². The average Bonchev–Trinajstić information content (AvgIpc) is 2.27. The molecule has 0 amide bonds. The summed E-state index contributed by atoms with van der Waals surface area (Å²) >= 11 is 0. The third kappa shape index (κ3) is 5.24. The first-order valence-corrected chi connectivity index (χ1v) is 4.99. The molecule has 0 radical (unpaired) electrons. The zero-order chi connectivity index (χ0) is 11.7. The number of hydrogen-bond donors (Lipinski definition) is 1. The lowest BCUT2D eigenvalue weighted by molar-refractivity contribution is -0.144. The van der Waals surface area contributed by atoms with Crippen LogP contribution in [0.2, 0.25) is 0 Å². The van der Waals surface area contributed by atoms with E-state index in [1.54, 1.807) is 0 Å². The molecule has 0 aromatic rings. The largest absolute Gasteiger partial charge is 0.468 e. The van der Waals surface area contributed by atoms with Crippen molar-refractivity contribution in [2.24, 2.45) is 11.0 Å². The Bertz CT molecular complexity index is 238. The lowest BCUT2D eigenvalue weighted by Gasteiger charge is -2.21. The van der Waals surface area contributed by atoms with E-state index in [0.29, 0.717) is 13.1 Å². The van der Waals surface area contributed by atoms with Crippen LogP contribution in [-0.2, 0) is 9.53 Å². The lowest BCUT2D eigenvalue weighted by atomic mass is 9.99. The highest BCUT2D eigenvalue weighted by Gasteiger charge is 2.23. The van der Waals surface area contributed by atoms with Crippen molar-refractivity contribution in [1.29, 1.82) is 0 Å². The van der Waals surface area contributed by atoms with Crippen molar-refractivity contribution in [1.82, 2.24) is 5.32 Å². The van der Waals surface area contributed by atoms with E-state index in [4.69, 9.17) is 5.53 Å². The topological polar surface area (TPSA) is 87.1 Å². The molecule has 0 rings (SSSR count). The van der Waals surface area contributed by atoms with E-state index in [0.717, 1.165) is 6.42 Å². The molecule has 6 nitrogen and oxygen atoms in total. The SMILES string of the molecule is CCC(C)C(NCCN=[N+]=[N-])C(=O)OC. The first-order valence-electron chi connectivity index (χ1n) is 4.99. The van der Waals surface area contributed by atoms with Crippen molar-refractivity contribution in [3.8, 4) is 0 Å². The molecule has 0 fully saturated rings. The van der Waals surface area contributed by atoms with Crippen LogP contribution >= 0.6 is 0 Å². The molecule has 15 heavy (non-hydrogen) atoms. The minimum Gasteiger partial charge on any atom is -0.468 e. The van der Waals surface area contributed by atoms with E-state index in [-0.39, 0.29) is 17.9 Å². The molecule has 0 saturated carbocycles. The van der Waals surface area contributed by atoms with Crippen LogP contribution in [0, 0.1) is 5.92 Å². The van der Waals surface area contributed by atoms with Gasteiger partial charge in [-0.1, -0.05) is 25.4 Å². The zero-order valence-corrected chi connectivity index (χ0v) is 9.43. The Morgan fingerprint density at radius 3 is 2.80 bits per heavy atom. The average molecular weight is 214 g/mol. The Labute approximate surface area is 89.6 Å². The van der Waals surface area contributed by atoms with Gasteiger partial charge in [0.25, 0.3) is 0 Å². The van der Waals surface area contributed by atoms with Crippen molar-refractivity contribution in [2.75, 3.05) is 20.2 Å². The van der Waals surface area contributed by atoms with Crippen LogP contribution in [0.15, 0.2) is 5.11 Å². The maximum Gasteiger partial charge on any atom is 0.323 e. The second-order valence-corrected chi connectivity index (χ2v) is 3.29. The molecule has 0 bridgehead atoms. The fraction of sp³-hybridized carbons (Fsp3) is 0.889. The molecule has 6 heteroatoms. The number of hydrogen-bond acceptors (Lipinski definition) is 4. The number of azide groups is 1. The Kier molecular flexibility index (Phi) is 7.40. The number of ether oxygens (including phenoxy) is 1. The summed E-state index contributed by atoms with van der Waals surface area (Å²) in [7, 11) is 1.37. The molecule has 0 aliphatic rings. The maximum absolute atomic E-state index is 11.4. The number of rotatable bonds is 7. The van der Waals surface area contributed by atoms with Crippen molar-refractivity contribution in [3.05, 3.63) is 10.4 Å². The molecular formula is C9H18N4O2. The van der Waals surface area contributed by atoms with Gasteiger partial charge in [0, 0.05) is 18.0 Å².